The van der Waals surface area contributed by atoms with Gasteiger partial charge in [0.25, 0.3) is 0 Å². The second kappa shape index (κ2) is 5.78. The van der Waals surface area contributed by atoms with Gasteiger partial charge in [-0.25, -0.2) is 8.42 Å². The molecule has 1 saturated heterocycles. The molecule has 9 nitrogen and oxygen atoms in total. The number of rotatable bonds is 4. The summed E-state index contributed by atoms with van der Waals surface area (Å²) in [5.74, 6) is 0.382. The van der Waals surface area contributed by atoms with E-state index in [-0.39, 0.29) is 10.8 Å². The first-order valence-corrected chi connectivity index (χ1v) is 8.67. The van der Waals surface area contributed by atoms with E-state index in [1.54, 1.807) is 35.9 Å². The van der Waals surface area contributed by atoms with E-state index in [0.29, 0.717) is 25.2 Å². The van der Waals surface area contributed by atoms with Crippen molar-refractivity contribution in [2.24, 2.45) is 14.1 Å². The highest BCUT2D eigenvalue weighted by atomic mass is 32.2. The molecule has 0 saturated carbocycles. The molecule has 0 aromatic carbocycles. The highest BCUT2D eigenvalue weighted by molar-refractivity contribution is 7.89. The van der Waals surface area contributed by atoms with Gasteiger partial charge in [0, 0.05) is 32.9 Å². The molecule has 3 rings (SSSR count). The summed E-state index contributed by atoms with van der Waals surface area (Å²) < 4.78 is 30.2. The molecule has 0 bridgehead atoms. The molecule has 2 aromatic heterocycles. The zero-order valence-corrected chi connectivity index (χ0v) is 13.7. The summed E-state index contributed by atoms with van der Waals surface area (Å²) in [7, 11) is -0.402. The third-order valence-corrected chi connectivity index (χ3v) is 5.23. The molecule has 124 valence electrons. The molecule has 23 heavy (non-hydrogen) atoms. The zero-order valence-electron chi connectivity index (χ0n) is 12.9. The number of aryl methyl sites for hydroxylation is 2. The number of hydrogen-bond donors (Lipinski definition) is 1. The number of carbonyl (C=O) groups is 1. The standard InChI is InChI=1S/C13H18N6O3S/c1-17-9-10(8-15-17)23(21,22)16-11-4-3-7-19(13(11)20)12-5-6-14-18(12)2/h5-6,8-9,11,16H,3-4,7H2,1-2H3. The molecule has 2 aromatic rings. The molecular formula is C13H18N6O3S. The van der Waals surface area contributed by atoms with E-state index in [4.69, 9.17) is 0 Å². The van der Waals surface area contributed by atoms with Crippen molar-refractivity contribution in [3.8, 4) is 0 Å². The van der Waals surface area contributed by atoms with Gasteiger partial charge in [0.1, 0.15) is 16.8 Å². The maximum absolute atomic E-state index is 12.6. The molecule has 1 aliphatic heterocycles. The van der Waals surface area contributed by atoms with Crippen molar-refractivity contribution in [3.63, 3.8) is 0 Å². The number of sulfonamides is 1. The van der Waals surface area contributed by atoms with E-state index in [9.17, 15) is 13.2 Å². The summed E-state index contributed by atoms with van der Waals surface area (Å²) >= 11 is 0. The topological polar surface area (TPSA) is 102 Å². The zero-order chi connectivity index (χ0) is 16.6. The molecule has 1 aliphatic rings. The van der Waals surface area contributed by atoms with Crippen molar-refractivity contribution in [1.29, 1.82) is 0 Å². The van der Waals surface area contributed by atoms with Crippen molar-refractivity contribution in [2.75, 3.05) is 11.4 Å². The number of aromatic nitrogens is 4. The first-order valence-electron chi connectivity index (χ1n) is 7.19. The minimum absolute atomic E-state index is 0.0467. The van der Waals surface area contributed by atoms with Crippen LogP contribution in [0, 0.1) is 0 Å². The Kier molecular flexibility index (Phi) is 3.94. The molecule has 1 atom stereocenters. The van der Waals surface area contributed by atoms with E-state index in [1.165, 1.54) is 17.1 Å². The Balaban J connectivity index is 1.80. The van der Waals surface area contributed by atoms with Crippen LogP contribution in [0.3, 0.4) is 0 Å². The average Bonchev–Trinajstić information content (AvgIpc) is 3.10. The van der Waals surface area contributed by atoms with Gasteiger partial charge in [-0.05, 0) is 12.8 Å². The van der Waals surface area contributed by atoms with Crippen LogP contribution in [0.1, 0.15) is 12.8 Å². The number of anilines is 1. The van der Waals surface area contributed by atoms with Crippen LogP contribution >= 0.6 is 0 Å². The van der Waals surface area contributed by atoms with Gasteiger partial charge >= 0.3 is 0 Å². The number of nitrogens with one attached hydrogen (secondary N) is 1. The number of carbonyl (C=O) groups excluding carboxylic acids is 1. The van der Waals surface area contributed by atoms with Crippen molar-refractivity contribution >= 4 is 21.7 Å². The molecule has 1 fully saturated rings. The lowest BCUT2D eigenvalue weighted by molar-refractivity contribution is -0.121. The largest absolute Gasteiger partial charge is 0.296 e. The predicted octanol–water partition coefficient (Wildman–Crippen LogP) is -0.373. The van der Waals surface area contributed by atoms with Crippen molar-refractivity contribution in [3.05, 3.63) is 24.7 Å². The second-order valence-corrected chi connectivity index (χ2v) is 7.18. The number of hydrogen-bond acceptors (Lipinski definition) is 5. The number of amides is 1. The van der Waals surface area contributed by atoms with E-state index in [0.717, 1.165) is 0 Å². The van der Waals surface area contributed by atoms with Gasteiger partial charge in [0.2, 0.25) is 15.9 Å². The lowest BCUT2D eigenvalue weighted by atomic mass is 10.1. The van der Waals surface area contributed by atoms with E-state index in [2.05, 4.69) is 14.9 Å². The molecule has 0 radical (unpaired) electrons. The van der Waals surface area contributed by atoms with Gasteiger partial charge in [-0.1, -0.05) is 0 Å². The first-order chi connectivity index (χ1) is 10.9. The van der Waals surface area contributed by atoms with E-state index < -0.39 is 16.1 Å². The van der Waals surface area contributed by atoms with Gasteiger partial charge in [0.15, 0.2) is 0 Å². The van der Waals surface area contributed by atoms with Gasteiger partial charge in [-0.2, -0.15) is 14.9 Å². The van der Waals surface area contributed by atoms with Gasteiger partial charge < -0.3 is 0 Å². The molecular weight excluding hydrogens is 320 g/mol. The van der Waals surface area contributed by atoms with Crippen LogP contribution < -0.4 is 9.62 Å². The van der Waals surface area contributed by atoms with Crippen LogP contribution in [0.2, 0.25) is 0 Å². The maximum Gasteiger partial charge on any atom is 0.246 e. The normalized spacial score (nSPS) is 19.3. The summed E-state index contributed by atoms with van der Waals surface area (Å²) in [6.07, 6.45) is 5.43. The van der Waals surface area contributed by atoms with Crippen LogP contribution in [-0.4, -0.2) is 46.5 Å². The fraction of sp³-hybridized carbons (Fsp3) is 0.462. The molecule has 0 aliphatic carbocycles. The minimum atomic E-state index is -3.78. The quantitative estimate of drug-likeness (QED) is 0.819. The fourth-order valence-electron chi connectivity index (χ4n) is 2.64. The van der Waals surface area contributed by atoms with Crippen LogP contribution in [0.25, 0.3) is 0 Å². The Morgan fingerprint density at radius 2 is 2.09 bits per heavy atom. The number of nitrogens with zero attached hydrogens (tertiary/aromatic N) is 5. The van der Waals surface area contributed by atoms with Crippen LogP contribution in [0.5, 0.6) is 0 Å². The monoisotopic (exact) mass is 338 g/mol. The Labute approximate surface area is 133 Å². The summed E-state index contributed by atoms with van der Waals surface area (Å²) in [5.41, 5.74) is 0. The highest BCUT2D eigenvalue weighted by Gasteiger charge is 2.34. The van der Waals surface area contributed by atoms with Crippen LogP contribution in [0.15, 0.2) is 29.6 Å². The van der Waals surface area contributed by atoms with Crippen LogP contribution in [0.4, 0.5) is 5.82 Å². The smallest absolute Gasteiger partial charge is 0.246 e. The lowest BCUT2D eigenvalue weighted by Crippen LogP contribution is -2.52. The Hall–Kier alpha value is -2.20. The molecule has 3 heterocycles. The Morgan fingerprint density at radius 3 is 2.70 bits per heavy atom. The summed E-state index contributed by atoms with van der Waals surface area (Å²) in [6.45, 7) is 0.545. The average molecular weight is 338 g/mol. The third kappa shape index (κ3) is 2.99. The van der Waals surface area contributed by atoms with Gasteiger partial charge in [0.05, 0.1) is 12.4 Å². The van der Waals surface area contributed by atoms with E-state index >= 15 is 0 Å². The third-order valence-electron chi connectivity index (χ3n) is 3.80. The Morgan fingerprint density at radius 1 is 1.30 bits per heavy atom. The lowest BCUT2D eigenvalue weighted by Gasteiger charge is -2.32. The Bertz CT molecular complexity index is 824. The predicted molar refractivity (Wildman–Crippen MR) is 82.1 cm³/mol. The van der Waals surface area contributed by atoms with Crippen molar-refractivity contribution in [1.82, 2.24) is 24.3 Å². The summed E-state index contributed by atoms with van der Waals surface area (Å²) in [4.78, 5) is 14.2. The minimum Gasteiger partial charge on any atom is -0.296 e. The number of piperidine rings is 1. The first kappa shape index (κ1) is 15.7. The molecule has 1 amide bonds. The molecule has 1 unspecified atom stereocenters. The second-order valence-electron chi connectivity index (χ2n) is 5.47. The highest BCUT2D eigenvalue weighted by Crippen LogP contribution is 2.21. The van der Waals surface area contributed by atoms with Crippen molar-refractivity contribution < 1.29 is 13.2 Å². The summed E-state index contributed by atoms with van der Waals surface area (Å²) in [5, 5.41) is 7.90. The van der Waals surface area contributed by atoms with Gasteiger partial charge in [-0.3, -0.25) is 19.1 Å². The summed E-state index contributed by atoms with van der Waals surface area (Å²) in [6, 6.07) is 0.944. The molecule has 1 N–H and O–H groups in total. The maximum atomic E-state index is 12.6. The SMILES string of the molecule is Cn1cc(S(=O)(=O)NC2CCCN(c3ccnn3C)C2=O)cn1. The molecule has 10 heteroatoms. The fourth-order valence-corrected chi connectivity index (χ4v) is 3.84. The van der Waals surface area contributed by atoms with Crippen molar-refractivity contribution in [2.45, 2.75) is 23.8 Å². The van der Waals surface area contributed by atoms with E-state index in [1.807, 2.05) is 0 Å². The van der Waals surface area contributed by atoms with Crippen LogP contribution in [-0.2, 0) is 28.9 Å². The molecule has 0 spiro atoms. The van der Waals surface area contributed by atoms with Gasteiger partial charge in [-0.15, -0.1) is 0 Å².